The van der Waals surface area contributed by atoms with Crippen LogP contribution in [0, 0.1) is 0 Å². The normalized spacial score (nSPS) is 15.7. The minimum Gasteiger partial charge on any atom is -0.468 e. The summed E-state index contributed by atoms with van der Waals surface area (Å²) in [7, 11) is 4.78. The van der Waals surface area contributed by atoms with Crippen LogP contribution in [0.2, 0.25) is 0 Å². The number of likely N-dealkylation sites (tertiary alicyclic amines) is 1. The van der Waals surface area contributed by atoms with E-state index in [-0.39, 0.29) is 37.8 Å². The van der Waals surface area contributed by atoms with Gasteiger partial charge in [0.1, 0.15) is 6.04 Å². The van der Waals surface area contributed by atoms with Crippen molar-refractivity contribution >= 4 is 34.5 Å². The van der Waals surface area contributed by atoms with Gasteiger partial charge in [-0.1, -0.05) is 42.5 Å². The van der Waals surface area contributed by atoms with Gasteiger partial charge in [0.15, 0.2) is 0 Å². The van der Waals surface area contributed by atoms with Gasteiger partial charge in [0.2, 0.25) is 17.7 Å². The highest BCUT2D eigenvalue weighted by Gasteiger charge is 2.31. The number of nitrogens with one attached hydrogen (secondary N) is 2. The largest absolute Gasteiger partial charge is 0.468 e. The van der Waals surface area contributed by atoms with Gasteiger partial charge in [-0.3, -0.25) is 34.3 Å². The van der Waals surface area contributed by atoms with Crippen molar-refractivity contribution in [3.05, 3.63) is 66.2 Å². The Kier molecular flexibility index (Phi) is 10.8. The Hall–Kier alpha value is -4.09. The number of ether oxygens (including phenoxy) is 1. The Morgan fingerprint density at radius 2 is 1.90 bits per heavy atom. The number of imidazole rings is 1. The number of imide groups is 1. The van der Waals surface area contributed by atoms with E-state index in [4.69, 9.17) is 4.74 Å². The van der Waals surface area contributed by atoms with Crippen LogP contribution in [0.1, 0.15) is 36.9 Å². The van der Waals surface area contributed by atoms with E-state index in [0.717, 1.165) is 34.9 Å². The number of aromatic amines is 1. The molecule has 3 amide bonds. The van der Waals surface area contributed by atoms with Gasteiger partial charge in [-0.2, -0.15) is 0 Å². The summed E-state index contributed by atoms with van der Waals surface area (Å²) in [6.07, 6.45) is 5.42. The van der Waals surface area contributed by atoms with Crippen LogP contribution in [0.15, 0.2) is 55.0 Å². The third-order valence-electron chi connectivity index (χ3n) is 7.72. The summed E-state index contributed by atoms with van der Waals surface area (Å²) < 4.78 is 4.83. The monoisotopic (exact) mass is 576 g/mol. The number of esters is 1. The van der Waals surface area contributed by atoms with Crippen molar-refractivity contribution in [2.45, 2.75) is 50.7 Å². The van der Waals surface area contributed by atoms with Gasteiger partial charge in [0.05, 0.1) is 26.4 Å². The minimum absolute atomic E-state index is 0.00547. The van der Waals surface area contributed by atoms with Gasteiger partial charge >= 0.3 is 5.97 Å². The van der Waals surface area contributed by atoms with E-state index in [1.54, 1.807) is 31.5 Å². The summed E-state index contributed by atoms with van der Waals surface area (Å²) in [5.74, 6) is -1.28. The van der Waals surface area contributed by atoms with E-state index in [1.807, 2.05) is 34.1 Å². The van der Waals surface area contributed by atoms with Crippen molar-refractivity contribution in [3.63, 3.8) is 0 Å². The molecule has 1 fully saturated rings. The maximum Gasteiger partial charge on any atom is 0.323 e. The average Bonchev–Trinajstić information content (AvgIpc) is 3.65. The van der Waals surface area contributed by atoms with E-state index in [9.17, 15) is 19.2 Å². The van der Waals surface area contributed by atoms with Crippen molar-refractivity contribution in [2.75, 3.05) is 40.8 Å². The number of amides is 3. The number of hydrogen-bond acceptors (Lipinski definition) is 8. The van der Waals surface area contributed by atoms with E-state index >= 15 is 0 Å². The second-order valence-electron chi connectivity index (χ2n) is 11.0. The van der Waals surface area contributed by atoms with Gasteiger partial charge in [-0.05, 0) is 49.7 Å². The number of nitrogens with zero attached hydrogens (tertiary/aromatic N) is 4. The quantitative estimate of drug-likeness (QED) is 0.296. The molecule has 2 aromatic carbocycles. The highest BCUT2D eigenvalue weighted by Crippen LogP contribution is 2.23. The Balaban J connectivity index is 1.45. The topological polar surface area (TPSA) is 128 Å². The number of H-pyrrole nitrogens is 1. The predicted molar refractivity (Wildman–Crippen MR) is 158 cm³/mol. The van der Waals surface area contributed by atoms with E-state index in [2.05, 4.69) is 33.5 Å². The van der Waals surface area contributed by atoms with Crippen LogP contribution >= 0.6 is 0 Å². The van der Waals surface area contributed by atoms with Crippen LogP contribution in [0.25, 0.3) is 10.8 Å². The molecular weight excluding hydrogens is 536 g/mol. The Morgan fingerprint density at radius 3 is 2.64 bits per heavy atom. The summed E-state index contributed by atoms with van der Waals surface area (Å²) in [6.45, 7) is 1.62. The number of rotatable bonds is 13. The summed E-state index contributed by atoms with van der Waals surface area (Å²) in [4.78, 5) is 63.6. The molecular formula is C31H40N6O5. The third-order valence-corrected chi connectivity index (χ3v) is 7.72. The number of carbonyl (C=O) groups excluding carboxylic acids is 4. The number of carbonyl (C=O) groups is 4. The Labute approximate surface area is 246 Å². The molecule has 3 aromatic rings. The highest BCUT2D eigenvalue weighted by atomic mass is 16.5. The smallest absolute Gasteiger partial charge is 0.323 e. The van der Waals surface area contributed by atoms with Crippen LogP contribution < -0.4 is 5.32 Å². The van der Waals surface area contributed by atoms with Crippen LogP contribution in [0.3, 0.4) is 0 Å². The first-order chi connectivity index (χ1) is 20.2. The minimum atomic E-state index is -0.577. The molecule has 0 aliphatic carbocycles. The summed E-state index contributed by atoms with van der Waals surface area (Å²) in [5.41, 5.74) is 1.83. The number of benzene rings is 2. The molecule has 4 rings (SSSR count). The zero-order valence-electron chi connectivity index (χ0n) is 24.5. The highest BCUT2D eigenvalue weighted by molar-refractivity contribution is 5.96. The second kappa shape index (κ2) is 14.7. The lowest BCUT2D eigenvalue weighted by molar-refractivity contribution is -0.146. The molecule has 11 nitrogen and oxygen atoms in total. The van der Waals surface area contributed by atoms with Crippen LogP contribution in [-0.2, 0) is 36.9 Å². The van der Waals surface area contributed by atoms with E-state index in [0.29, 0.717) is 19.6 Å². The van der Waals surface area contributed by atoms with Gasteiger partial charge in [0.25, 0.3) is 0 Å². The molecule has 2 heterocycles. The summed E-state index contributed by atoms with van der Waals surface area (Å²) >= 11 is 0. The molecule has 0 bridgehead atoms. The number of aromatic nitrogens is 2. The fraction of sp³-hybridized carbons (Fsp3) is 0.452. The average molecular weight is 577 g/mol. The Morgan fingerprint density at radius 1 is 1.12 bits per heavy atom. The second-order valence-corrected chi connectivity index (χ2v) is 11.0. The lowest BCUT2D eigenvalue weighted by Crippen LogP contribution is -2.47. The maximum atomic E-state index is 13.1. The third kappa shape index (κ3) is 8.23. The van der Waals surface area contributed by atoms with Gasteiger partial charge in [0, 0.05) is 44.0 Å². The van der Waals surface area contributed by atoms with Crippen molar-refractivity contribution in [2.24, 2.45) is 0 Å². The van der Waals surface area contributed by atoms with Crippen molar-refractivity contribution < 1.29 is 23.9 Å². The van der Waals surface area contributed by atoms with Crippen LogP contribution in [-0.4, -0.2) is 101 Å². The molecule has 2 N–H and O–H groups in total. The molecule has 1 saturated heterocycles. The number of likely N-dealkylation sites (N-methyl/N-ethyl adjacent to an activating group) is 1. The van der Waals surface area contributed by atoms with Gasteiger partial charge in [-0.25, -0.2) is 4.98 Å². The molecule has 1 unspecified atom stereocenters. The lowest BCUT2D eigenvalue weighted by atomic mass is 10.0. The number of hydrogen-bond donors (Lipinski definition) is 2. The van der Waals surface area contributed by atoms with Crippen molar-refractivity contribution in [1.29, 1.82) is 0 Å². The van der Waals surface area contributed by atoms with Crippen molar-refractivity contribution in [3.8, 4) is 0 Å². The van der Waals surface area contributed by atoms with E-state index < -0.39 is 23.8 Å². The van der Waals surface area contributed by atoms with Gasteiger partial charge < -0.3 is 14.6 Å². The van der Waals surface area contributed by atoms with Crippen LogP contribution in [0.5, 0.6) is 0 Å². The molecule has 1 aromatic heterocycles. The predicted octanol–water partition coefficient (Wildman–Crippen LogP) is 2.12. The zero-order chi connectivity index (χ0) is 30.1. The number of fused-ring (bicyclic) bond motifs is 1. The van der Waals surface area contributed by atoms with Crippen LogP contribution in [0.4, 0.5) is 0 Å². The fourth-order valence-electron chi connectivity index (χ4n) is 5.61. The number of methoxy groups -OCH3 is 1. The molecule has 11 heteroatoms. The molecule has 42 heavy (non-hydrogen) atoms. The van der Waals surface area contributed by atoms with Gasteiger partial charge in [-0.15, -0.1) is 0 Å². The molecule has 0 saturated carbocycles. The molecule has 224 valence electrons. The SMILES string of the molecule is COC(=O)[C@H](CCC(=O)NC(=O)CN(Cc1cccc2ccccc12)CC1CCCN1C(=O)Cc1cnc[nH]1)N(C)C. The van der Waals surface area contributed by atoms with Crippen molar-refractivity contribution in [1.82, 2.24) is 30.0 Å². The lowest BCUT2D eigenvalue weighted by Gasteiger charge is -2.31. The molecule has 0 spiro atoms. The summed E-state index contributed by atoms with van der Waals surface area (Å²) in [5, 5.41) is 4.69. The molecule has 0 radical (unpaired) electrons. The zero-order valence-corrected chi connectivity index (χ0v) is 24.5. The first kappa shape index (κ1) is 30.9. The summed E-state index contributed by atoms with van der Waals surface area (Å²) in [6, 6.07) is 13.6. The first-order valence-corrected chi connectivity index (χ1v) is 14.3. The fourth-order valence-corrected chi connectivity index (χ4v) is 5.61. The Bertz CT molecular complexity index is 1370. The van der Waals surface area contributed by atoms with E-state index in [1.165, 1.54) is 7.11 Å². The molecule has 2 atom stereocenters. The first-order valence-electron chi connectivity index (χ1n) is 14.3. The molecule has 1 aliphatic heterocycles. The molecule has 1 aliphatic rings. The standard InChI is InChI=1S/C31H40N6O5/c1-35(2)27(31(41)42-3)13-14-28(38)34-29(39)20-36(18-23-10-6-9-22-8-4-5-12-26(22)23)19-25-11-7-15-37(25)30(40)16-24-17-32-21-33-24/h4-6,8-10,12,17,21,25,27H,7,11,13-16,18-20H2,1-3H3,(H,32,33)(H,34,38,39)/t25?,27-/m0/s1. The maximum absolute atomic E-state index is 13.1.